The number of amidine groups is 1. The van der Waals surface area contributed by atoms with E-state index in [1.54, 1.807) is 0 Å². The molecule has 6 nitrogen and oxygen atoms in total. The van der Waals surface area contributed by atoms with E-state index < -0.39 is 6.09 Å². The fraction of sp³-hybridized carbons (Fsp3) is 0.667. The lowest BCUT2D eigenvalue weighted by Crippen LogP contribution is -2.30. The maximum absolute atomic E-state index is 10.4. The Labute approximate surface area is 69.3 Å². The lowest BCUT2D eigenvalue weighted by molar-refractivity contribution is 0.155. The number of rotatable bonds is 1. The quantitative estimate of drug-likeness (QED) is 0.220. The van der Waals surface area contributed by atoms with Crippen LogP contribution in [-0.2, 0) is 0 Å². The normalized spacial score (nSPS) is 24.5. The van der Waals surface area contributed by atoms with E-state index in [0.29, 0.717) is 19.5 Å². The maximum Gasteiger partial charge on any atom is 0.407 e. The number of nitrogens with two attached hydrogens (primary N) is 1. The van der Waals surface area contributed by atoms with E-state index in [1.807, 2.05) is 0 Å². The molecule has 1 aliphatic heterocycles. The lowest BCUT2D eigenvalue weighted by atomic mass is 10.1. The van der Waals surface area contributed by atoms with Gasteiger partial charge in [0.15, 0.2) is 0 Å². The number of nitrogens with zero attached hydrogens (tertiary/aromatic N) is 2. The smallest absolute Gasteiger partial charge is 0.407 e. The van der Waals surface area contributed by atoms with Crippen LogP contribution in [0, 0.1) is 5.92 Å². The number of carboxylic acid groups (broad SMARTS) is 1. The average Bonchev–Trinajstić information content (AvgIpc) is 2.51. The maximum atomic E-state index is 10.4. The molecule has 1 saturated heterocycles. The summed E-state index contributed by atoms with van der Waals surface area (Å²) in [6.07, 6.45) is -0.328. The highest BCUT2D eigenvalue weighted by atomic mass is 16.4. The molecule has 1 amide bonds. The lowest BCUT2D eigenvalue weighted by Gasteiger charge is -2.10. The van der Waals surface area contributed by atoms with Gasteiger partial charge in [0.2, 0.25) is 0 Å². The molecule has 1 aliphatic rings. The number of amides is 1. The summed E-state index contributed by atoms with van der Waals surface area (Å²) in [4.78, 5) is 11.7. The molecule has 0 saturated carbocycles. The molecule has 1 unspecified atom stereocenters. The molecule has 12 heavy (non-hydrogen) atoms. The van der Waals surface area contributed by atoms with Crippen LogP contribution in [-0.4, -0.2) is 40.2 Å². The van der Waals surface area contributed by atoms with Crippen molar-refractivity contribution in [3.05, 3.63) is 0 Å². The molecule has 0 aromatic carbocycles. The zero-order valence-electron chi connectivity index (χ0n) is 6.47. The Morgan fingerprint density at radius 1 is 1.67 bits per heavy atom. The Morgan fingerprint density at radius 3 is 2.75 bits per heavy atom. The zero-order valence-corrected chi connectivity index (χ0v) is 6.47. The minimum absolute atomic E-state index is 0.110. The van der Waals surface area contributed by atoms with Gasteiger partial charge in [0.05, 0.1) is 0 Å². The first-order valence-electron chi connectivity index (χ1n) is 3.60. The van der Waals surface area contributed by atoms with E-state index in [1.165, 1.54) is 4.90 Å². The highest BCUT2D eigenvalue weighted by Crippen LogP contribution is 2.15. The highest BCUT2D eigenvalue weighted by molar-refractivity contribution is 5.83. The SMILES string of the molecule is NC(=NO)C1CCN(C(=O)O)C1. The Morgan fingerprint density at radius 2 is 2.33 bits per heavy atom. The van der Waals surface area contributed by atoms with Crippen LogP contribution >= 0.6 is 0 Å². The van der Waals surface area contributed by atoms with Gasteiger partial charge in [0.25, 0.3) is 0 Å². The van der Waals surface area contributed by atoms with Crippen LogP contribution in [0.4, 0.5) is 4.79 Å². The minimum atomic E-state index is -0.955. The van der Waals surface area contributed by atoms with Crippen molar-refractivity contribution in [1.29, 1.82) is 0 Å². The summed E-state index contributed by atoms with van der Waals surface area (Å²) >= 11 is 0. The topological polar surface area (TPSA) is 99.2 Å². The molecule has 0 aromatic heterocycles. The number of hydrogen-bond donors (Lipinski definition) is 3. The number of likely N-dealkylation sites (tertiary alicyclic amines) is 1. The van der Waals surface area contributed by atoms with E-state index in [2.05, 4.69) is 5.16 Å². The van der Waals surface area contributed by atoms with Gasteiger partial charge in [0, 0.05) is 19.0 Å². The van der Waals surface area contributed by atoms with Gasteiger partial charge in [-0.25, -0.2) is 4.79 Å². The number of oxime groups is 1. The Kier molecular flexibility index (Phi) is 2.37. The van der Waals surface area contributed by atoms with E-state index in [0.717, 1.165) is 0 Å². The van der Waals surface area contributed by atoms with Gasteiger partial charge < -0.3 is 20.9 Å². The number of carbonyl (C=O) groups is 1. The first kappa shape index (κ1) is 8.63. The third-order valence-corrected chi connectivity index (χ3v) is 1.99. The van der Waals surface area contributed by atoms with Crippen LogP contribution in [0.15, 0.2) is 5.16 Å². The Bertz CT molecular complexity index is 216. The average molecular weight is 173 g/mol. The molecule has 1 fully saturated rings. The standard InChI is InChI=1S/C6H11N3O3/c7-5(8-12)4-1-2-9(3-4)6(10)11/h4,12H,1-3H2,(H2,7,8)(H,10,11). The predicted octanol–water partition coefficient (Wildman–Crippen LogP) is -0.267. The fourth-order valence-corrected chi connectivity index (χ4v) is 1.26. The van der Waals surface area contributed by atoms with Crippen molar-refractivity contribution in [1.82, 2.24) is 4.90 Å². The molecule has 1 heterocycles. The molecule has 0 aliphatic carbocycles. The molecule has 68 valence electrons. The van der Waals surface area contributed by atoms with E-state index in [4.69, 9.17) is 16.0 Å². The van der Waals surface area contributed by atoms with Gasteiger partial charge in [-0.2, -0.15) is 0 Å². The summed E-state index contributed by atoms with van der Waals surface area (Å²) in [5.74, 6) is -0.0233. The molecule has 0 aromatic rings. The third-order valence-electron chi connectivity index (χ3n) is 1.99. The second kappa shape index (κ2) is 3.29. The van der Waals surface area contributed by atoms with Gasteiger partial charge in [-0.15, -0.1) is 0 Å². The molecule has 0 spiro atoms. The van der Waals surface area contributed by atoms with Crippen LogP contribution in [0.25, 0.3) is 0 Å². The summed E-state index contributed by atoms with van der Waals surface area (Å²) in [7, 11) is 0. The largest absolute Gasteiger partial charge is 0.465 e. The molecule has 1 rings (SSSR count). The van der Waals surface area contributed by atoms with Crippen molar-refractivity contribution >= 4 is 11.9 Å². The molecule has 0 bridgehead atoms. The summed E-state index contributed by atoms with van der Waals surface area (Å²) in [6, 6.07) is 0. The summed E-state index contributed by atoms with van der Waals surface area (Å²) in [5.41, 5.74) is 5.32. The predicted molar refractivity (Wildman–Crippen MR) is 41.1 cm³/mol. The van der Waals surface area contributed by atoms with Gasteiger partial charge >= 0.3 is 6.09 Å². The third kappa shape index (κ3) is 1.58. The summed E-state index contributed by atoms with van der Waals surface area (Å²) < 4.78 is 0. The van der Waals surface area contributed by atoms with Crippen molar-refractivity contribution in [2.24, 2.45) is 16.8 Å². The fourth-order valence-electron chi connectivity index (χ4n) is 1.26. The van der Waals surface area contributed by atoms with Crippen molar-refractivity contribution in [2.45, 2.75) is 6.42 Å². The van der Waals surface area contributed by atoms with Crippen molar-refractivity contribution in [3.63, 3.8) is 0 Å². The first-order valence-corrected chi connectivity index (χ1v) is 3.60. The van der Waals surface area contributed by atoms with Gasteiger partial charge in [0.1, 0.15) is 5.84 Å². The van der Waals surface area contributed by atoms with Crippen molar-refractivity contribution in [3.8, 4) is 0 Å². The van der Waals surface area contributed by atoms with Crippen molar-refractivity contribution in [2.75, 3.05) is 13.1 Å². The molecule has 0 radical (unpaired) electrons. The van der Waals surface area contributed by atoms with Crippen LogP contribution in [0.2, 0.25) is 0 Å². The van der Waals surface area contributed by atoms with Gasteiger partial charge in [-0.3, -0.25) is 0 Å². The molecular formula is C6H11N3O3. The summed E-state index contributed by atoms with van der Waals surface area (Å²) in [6.45, 7) is 0.779. The zero-order chi connectivity index (χ0) is 9.14. The summed E-state index contributed by atoms with van der Waals surface area (Å²) in [5, 5.41) is 19.7. The minimum Gasteiger partial charge on any atom is -0.465 e. The molecule has 1 atom stereocenters. The highest BCUT2D eigenvalue weighted by Gasteiger charge is 2.28. The molecular weight excluding hydrogens is 162 g/mol. The first-order chi connectivity index (χ1) is 5.65. The van der Waals surface area contributed by atoms with Crippen LogP contribution in [0.5, 0.6) is 0 Å². The monoisotopic (exact) mass is 173 g/mol. The van der Waals surface area contributed by atoms with Gasteiger partial charge in [-0.1, -0.05) is 5.16 Å². The second-order valence-corrected chi connectivity index (χ2v) is 2.74. The second-order valence-electron chi connectivity index (χ2n) is 2.74. The van der Waals surface area contributed by atoms with Crippen molar-refractivity contribution < 1.29 is 15.1 Å². The Hall–Kier alpha value is -1.46. The molecule has 4 N–H and O–H groups in total. The van der Waals surface area contributed by atoms with Crippen LogP contribution in [0.3, 0.4) is 0 Å². The van der Waals surface area contributed by atoms with Gasteiger partial charge in [-0.05, 0) is 6.42 Å². The van der Waals surface area contributed by atoms with E-state index in [9.17, 15) is 4.79 Å². The Balaban J connectivity index is 2.51. The van der Waals surface area contributed by atoms with E-state index >= 15 is 0 Å². The molecule has 6 heteroatoms. The van der Waals surface area contributed by atoms with Crippen LogP contribution < -0.4 is 5.73 Å². The van der Waals surface area contributed by atoms with E-state index in [-0.39, 0.29) is 11.8 Å². The van der Waals surface area contributed by atoms with Crippen LogP contribution in [0.1, 0.15) is 6.42 Å². The number of hydrogen-bond acceptors (Lipinski definition) is 3.